The maximum atomic E-state index is 6.04. The second kappa shape index (κ2) is 5.02. The van der Waals surface area contributed by atoms with Gasteiger partial charge in [-0.05, 0) is 37.0 Å². The fraction of sp³-hybridized carbons (Fsp3) is 0.357. The molecule has 1 aromatic heterocycles. The molecule has 0 saturated heterocycles. The molecule has 0 saturated carbocycles. The Bertz CT molecular complexity index is 561. The normalized spacial score (nSPS) is 11.2. The van der Waals surface area contributed by atoms with Crippen molar-refractivity contribution in [2.24, 2.45) is 5.92 Å². The minimum absolute atomic E-state index is 0.470. The smallest absolute Gasteiger partial charge is 0.172 e. The molecule has 1 heterocycles. The molecular formula is C14H17ClN2O. The zero-order chi connectivity index (χ0) is 13.3. The Morgan fingerprint density at radius 1 is 1.39 bits per heavy atom. The summed E-state index contributed by atoms with van der Waals surface area (Å²) in [6, 6.07) is 5.72. The van der Waals surface area contributed by atoms with Crippen molar-refractivity contribution in [3.63, 3.8) is 0 Å². The molecular weight excluding hydrogens is 248 g/mol. The summed E-state index contributed by atoms with van der Waals surface area (Å²) in [6.07, 6.45) is 0.844. The maximum absolute atomic E-state index is 6.04. The third-order valence-corrected chi connectivity index (χ3v) is 3.11. The van der Waals surface area contributed by atoms with E-state index in [9.17, 15) is 0 Å². The number of aryl methyl sites for hydroxylation is 1. The first kappa shape index (κ1) is 13.0. The molecule has 1 aromatic carbocycles. The van der Waals surface area contributed by atoms with Gasteiger partial charge < -0.3 is 10.3 Å². The van der Waals surface area contributed by atoms with Gasteiger partial charge in [-0.3, -0.25) is 0 Å². The van der Waals surface area contributed by atoms with Crippen LogP contribution in [0, 0.1) is 12.8 Å². The van der Waals surface area contributed by atoms with Gasteiger partial charge in [-0.1, -0.05) is 36.7 Å². The highest BCUT2D eigenvalue weighted by Crippen LogP contribution is 2.33. The van der Waals surface area contributed by atoms with Crippen LogP contribution < -0.4 is 5.73 Å². The number of nitrogens with zero attached hydrogens (tertiary/aromatic N) is 1. The van der Waals surface area contributed by atoms with Gasteiger partial charge in [-0.2, -0.15) is 0 Å². The highest BCUT2D eigenvalue weighted by molar-refractivity contribution is 6.30. The van der Waals surface area contributed by atoms with Crippen molar-refractivity contribution in [3.8, 4) is 11.3 Å². The van der Waals surface area contributed by atoms with Crippen LogP contribution in [0.2, 0.25) is 5.02 Å². The van der Waals surface area contributed by atoms with Crippen LogP contribution in [0.15, 0.2) is 22.7 Å². The van der Waals surface area contributed by atoms with Gasteiger partial charge in [-0.15, -0.1) is 0 Å². The van der Waals surface area contributed by atoms with Gasteiger partial charge in [0.15, 0.2) is 11.6 Å². The molecule has 2 N–H and O–H groups in total. The summed E-state index contributed by atoms with van der Waals surface area (Å²) in [5.41, 5.74) is 8.90. The molecule has 0 aliphatic rings. The van der Waals surface area contributed by atoms with Crippen molar-refractivity contribution in [3.05, 3.63) is 34.3 Å². The van der Waals surface area contributed by atoms with E-state index < -0.39 is 0 Å². The fourth-order valence-corrected chi connectivity index (χ4v) is 2.15. The van der Waals surface area contributed by atoms with Crippen LogP contribution in [0.3, 0.4) is 0 Å². The lowest BCUT2D eigenvalue weighted by Crippen LogP contribution is -1.99. The van der Waals surface area contributed by atoms with E-state index in [1.165, 1.54) is 0 Å². The van der Waals surface area contributed by atoms with Crippen molar-refractivity contribution in [1.29, 1.82) is 0 Å². The largest absolute Gasteiger partial charge is 0.381 e. The van der Waals surface area contributed by atoms with Crippen LogP contribution in [0.1, 0.15) is 25.0 Å². The van der Waals surface area contributed by atoms with Crippen LogP contribution in [-0.2, 0) is 6.42 Å². The first-order valence-electron chi connectivity index (χ1n) is 5.99. The van der Waals surface area contributed by atoms with Gasteiger partial charge in [0.05, 0.1) is 0 Å². The van der Waals surface area contributed by atoms with Gasteiger partial charge in [0.25, 0.3) is 0 Å². The molecule has 0 radical (unpaired) electrons. The maximum Gasteiger partial charge on any atom is 0.172 e. The number of hydrogen-bond acceptors (Lipinski definition) is 3. The molecule has 0 bridgehead atoms. The summed E-state index contributed by atoms with van der Waals surface area (Å²) in [6.45, 7) is 6.30. The number of hydrogen-bond donors (Lipinski definition) is 1. The number of halogens is 1. The van der Waals surface area contributed by atoms with Gasteiger partial charge in [0.2, 0.25) is 0 Å². The van der Waals surface area contributed by atoms with Crippen LogP contribution >= 0.6 is 11.6 Å². The third-order valence-electron chi connectivity index (χ3n) is 2.88. The standard InChI is InChI=1S/C14H17ClN2O/c1-8(2)6-12-13(18-17-14(12)16)11-7-10(15)5-4-9(11)3/h4-5,7-8H,6H2,1-3H3,(H2,16,17). The number of benzene rings is 1. The van der Waals surface area contributed by atoms with E-state index in [0.717, 1.165) is 28.9 Å². The highest BCUT2D eigenvalue weighted by atomic mass is 35.5. The Morgan fingerprint density at radius 3 is 2.78 bits per heavy atom. The van der Waals surface area contributed by atoms with Gasteiger partial charge in [0.1, 0.15) is 0 Å². The van der Waals surface area contributed by atoms with Crippen molar-refractivity contribution >= 4 is 17.4 Å². The monoisotopic (exact) mass is 264 g/mol. The molecule has 0 aliphatic carbocycles. The molecule has 0 fully saturated rings. The van der Waals surface area contributed by atoms with Crippen molar-refractivity contribution in [2.75, 3.05) is 5.73 Å². The molecule has 2 aromatic rings. The van der Waals surface area contributed by atoms with E-state index >= 15 is 0 Å². The Kier molecular flexibility index (Phi) is 3.62. The average molecular weight is 265 g/mol. The Morgan fingerprint density at radius 2 is 2.11 bits per heavy atom. The summed E-state index contributed by atoms with van der Waals surface area (Å²) in [4.78, 5) is 0. The average Bonchev–Trinajstić information content (AvgIpc) is 2.64. The van der Waals surface area contributed by atoms with E-state index in [4.69, 9.17) is 21.9 Å². The molecule has 0 atom stereocenters. The Balaban J connectivity index is 2.53. The molecule has 3 nitrogen and oxygen atoms in total. The molecule has 2 rings (SSSR count). The second-order valence-electron chi connectivity index (χ2n) is 4.93. The quantitative estimate of drug-likeness (QED) is 0.909. The van der Waals surface area contributed by atoms with Crippen molar-refractivity contribution in [2.45, 2.75) is 27.2 Å². The zero-order valence-electron chi connectivity index (χ0n) is 10.8. The zero-order valence-corrected chi connectivity index (χ0v) is 11.6. The molecule has 0 amide bonds. The summed E-state index contributed by atoms with van der Waals surface area (Å²) >= 11 is 6.04. The van der Waals surface area contributed by atoms with E-state index in [0.29, 0.717) is 16.8 Å². The molecule has 0 aliphatic heterocycles. The van der Waals surface area contributed by atoms with Crippen molar-refractivity contribution < 1.29 is 4.52 Å². The molecule has 0 unspecified atom stereocenters. The van der Waals surface area contributed by atoms with Gasteiger partial charge >= 0.3 is 0 Å². The molecule has 96 valence electrons. The predicted molar refractivity (Wildman–Crippen MR) is 74.6 cm³/mol. The van der Waals surface area contributed by atoms with E-state index in [1.54, 1.807) is 0 Å². The minimum atomic E-state index is 0.470. The van der Waals surface area contributed by atoms with Crippen LogP contribution in [-0.4, -0.2) is 5.16 Å². The fourth-order valence-electron chi connectivity index (χ4n) is 1.98. The lowest BCUT2D eigenvalue weighted by molar-refractivity contribution is 0.434. The predicted octanol–water partition coefficient (Wildman–Crippen LogP) is 4.08. The third kappa shape index (κ3) is 2.51. The lowest BCUT2D eigenvalue weighted by atomic mass is 9.97. The van der Waals surface area contributed by atoms with Gasteiger partial charge in [0, 0.05) is 16.1 Å². The van der Waals surface area contributed by atoms with Gasteiger partial charge in [-0.25, -0.2) is 0 Å². The first-order chi connectivity index (χ1) is 8.49. The topological polar surface area (TPSA) is 52.0 Å². The molecule has 0 spiro atoms. The number of aromatic nitrogens is 1. The summed E-state index contributed by atoms with van der Waals surface area (Å²) < 4.78 is 5.38. The summed E-state index contributed by atoms with van der Waals surface area (Å²) in [7, 11) is 0. The number of nitrogens with two attached hydrogens (primary N) is 1. The number of nitrogen functional groups attached to an aromatic ring is 1. The van der Waals surface area contributed by atoms with Crippen LogP contribution in [0.25, 0.3) is 11.3 Å². The highest BCUT2D eigenvalue weighted by Gasteiger charge is 2.18. The minimum Gasteiger partial charge on any atom is -0.381 e. The van der Waals surface area contributed by atoms with E-state index in [2.05, 4.69) is 19.0 Å². The SMILES string of the molecule is Cc1ccc(Cl)cc1-c1onc(N)c1CC(C)C. The van der Waals surface area contributed by atoms with Crippen molar-refractivity contribution in [1.82, 2.24) is 5.16 Å². The second-order valence-corrected chi connectivity index (χ2v) is 5.37. The number of anilines is 1. The Hall–Kier alpha value is -1.48. The van der Waals surface area contributed by atoms with E-state index in [-0.39, 0.29) is 0 Å². The summed E-state index contributed by atoms with van der Waals surface area (Å²) in [5.74, 6) is 1.70. The van der Waals surface area contributed by atoms with Crippen LogP contribution in [0.5, 0.6) is 0 Å². The molecule has 18 heavy (non-hydrogen) atoms. The van der Waals surface area contributed by atoms with E-state index in [1.807, 2.05) is 25.1 Å². The molecule has 4 heteroatoms. The lowest BCUT2D eigenvalue weighted by Gasteiger charge is -2.07. The summed E-state index contributed by atoms with van der Waals surface area (Å²) in [5, 5.41) is 4.56. The Labute approximate surface area is 112 Å². The number of rotatable bonds is 3. The first-order valence-corrected chi connectivity index (χ1v) is 6.37. The van der Waals surface area contributed by atoms with Crippen LogP contribution in [0.4, 0.5) is 5.82 Å².